The predicted molar refractivity (Wildman–Crippen MR) is 54.3 cm³/mol. The molecule has 0 atom stereocenters. The predicted octanol–water partition coefficient (Wildman–Crippen LogP) is 1.00. The molecule has 0 aromatic heterocycles. The van der Waals surface area contributed by atoms with Crippen LogP contribution in [0.5, 0.6) is 0 Å². The molecular weight excluding hydrogens is 169 g/mol. The third-order valence-electron chi connectivity index (χ3n) is 1.29. The molecule has 0 fully saturated rings. The Hall–Kier alpha value is 0.690. The molecule has 11 heavy (non-hydrogen) atoms. The topological polar surface area (TPSA) is 12.5 Å². The summed E-state index contributed by atoms with van der Waals surface area (Å²) >= 11 is 4.98. The molecule has 4 heteroatoms. The van der Waals surface area contributed by atoms with E-state index in [1.54, 1.807) is 0 Å². The van der Waals surface area contributed by atoms with Crippen molar-refractivity contribution in [1.82, 2.24) is 4.90 Å². The van der Waals surface area contributed by atoms with Crippen LogP contribution in [-0.2, 0) is 4.74 Å². The first-order valence-corrected chi connectivity index (χ1v) is 4.08. The molecule has 0 radical (unpaired) electrons. The van der Waals surface area contributed by atoms with Crippen molar-refractivity contribution >= 4 is 46.9 Å². The van der Waals surface area contributed by atoms with E-state index in [1.165, 1.54) is 0 Å². The van der Waals surface area contributed by atoms with Gasteiger partial charge in [0.1, 0.15) is 0 Å². The fourth-order valence-electron chi connectivity index (χ4n) is 0.697. The third-order valence-corrected chi connectivity index (χ3v) is 1.67. The summed E-state index contributed by atoms with van der Waals surface area (Å²) in [5.74, 6) is 0. The van der Waals surface area contributed by atoms with Gasteiger partial charge in [0.05, 0.1) is 6.61 Å². The summed E-state index contributed by atoms with van der Waals surface area (Å²) in [5, 5.41) is 0.618. The van der Waals surface area contributed by atoms with Crippen LogP contribution in [0.3, 0.4) is 0 Å². The van der Waals surface area contributed by atoms with Crippen LogP contribution in [0, 0.1) is 0 Å². The molecule has 0 aromatic carbocycles. The van der Waals surface area contributed by atoms with E-state index < -0.39 is 0 Å². The molecule has 0 unspecified atom stereocenters. The van der Waals surface area contributed by atoms with Crippen molar-refractivity contribution in [1.29, 1.82) is 0 Å². The van der Waals surface area contributed by atoms with Crippen LogP contribution >= 0.6 is 12.2 Å². The van der Waals surface area contributed by atoms with Gasteiger partial charge in [-0.25, -0.2) is 0 Å². The first-order chi connectivity index (χ1) is 4.76. The van der Waals surface area contributed by atoms with Crippen molar-refractivity contribution in [2.45, 2.75) is 20.8 Å². The first-order valence-electron chi connectivity index (χ1n) is 3.67. The van der Waals surface area contributed by atoms with Crippen molar-refractivity contribution in [3.63, 3.8) is 0 Å². The SMILES string of the molecule is CCOC(=S)N(CC)CC.[NaH]. The zero-order valence-electron chi connectivity index (χ0n) is 6.89. The second-order valence-corrected chi connectivity index (χ2v) is 2.22. The van der Waals surface area contributed by atoms with Crippen molar-refractivity contribution in [3.8, 4) is 0 Å². The van der Waals surface area contributed by atoms with E-state index in [0.29, 0.717) is 11.8 Å². The maximum absolute atomic E-state index is 5.14. The van der Waals surface area contributed by atoms with Gasteiger partial charge in [-0.05, 0) is 33.0 Å². The number of ether oxygens (including phenoxy) is 1. The van der Waals surface area contributed by atoms with Crippen LogP contribution in [0.2, 0.25) is 0 Å². The quantitative estimate of drug-likeness (QED) is 0.481. The van der Waals surface area contributed by atoms with Crippen LogP contribution in [0.25, 0.3) is 0 Å². The summed E-state index contributed by atoms with van der Waals surface area (Å²) in [4.78, 5) is 2.01. The van der Waals surface area contributed by atoms with Gasteiger partial charge in [-0.3, -0.25) is 0 Å². The molecule has 0 bridgehead atoms. The van der Waals surface area contributed by atoms with Gasteiger partial charge in [-0.2, -0.15) is 0 Å². The van der Waals surface area contributed by atoms with Crippen LogP contribution in [0.15, 0.2) is 0 Å². The number of nitrogens with zero attached hydrogens (tertiary/aromatic N) is 1. The minimum atomic E-state index is 0. The Morgan fingerprint density at radius 1 is 1.27 bits per heavy atom. The van der Waals surface area contributed by atoms with Gasteiger partial charge in [0.15, 0.2) is 0 Å². The minimum absolute atomic E-state index is 0. The summed E-state index contributed by atoms with van der Waals surface area (Å²) in [6.07, 6.45) is 0. The van der Waals surface area contributed by atoms with Crippen LogP contribution < -0.4 is 0 Å². The average molecular weight is 185 g/mol. The summed E-state index contributed by atoms with van der Waals surface area (Å²) in [6.45, 7) is 8.58. The normalized spacial score (nSPS) is 8.27. The van der Waals surface area contributed by atoms with E-state index in [-0.39, 0.29) is 29.6 Å². The zero-order chi connectivity index (χ0) is 7.98. The van der Waals surface area contributed by atoms with Gasteiger partial charge in [0.2, 0.25) is 0 Å². The van der Waals surface area contributed by atoms with Gasteiger partial charge in [0, 0.05) is 13.1 Å². The Labute approximate surface area is 96.6 Å². The van der Waals surface area contributed by atoms with Gasteiger partial charge in [0.25, 0.3) is 5.17 Å². The molecule has 0 rings (SSSR count). The van der Waals surface area contributed by atoms with Gasteiger partial charge in [-0.1, -0.05) is 0 Å². The number of rotatable bonds is 3. The molecular formula is C7H16NNaOS. The molecule has 0 aromatic rings. The van der Waals surface area contributed by atoms with E-state index in [9.17, 15) is 0 Å². The van der Waals surface area contributed by atoms with Crippen molar-refractivity contribution in [3.05, 3.63) is 0 Å². The molecule has 0 N–H and O–H groups in total. The van der Waals surface area contributed by atoms with E-state index in [4.69, 9.17) is 17.0 Å². The standard InChI is InChI=1S/C7H15NOS.Na.H/c1-4-8(5-2)7(10)9-6-3;;/h4-6H2,1-3H3;;. The average Bonchev–Trinajstić information content (AvgIpc) is 1.91. The van der Waals surface area contributed by atoms with Crippen LogP contribution in [0.4, 0.5) is 0 Å². The summed E-state index contributed by atoms with van der Waals surface area (Å²) in [5.41, 5.74) is 0. The van der Waals surface area contributed by atoms with E-state index >= 15 is 0 Å². The summed E-state index contributed by atoms with van der Waals surface area (Å²) < 4.78 is 5.14. The number of hydrogen-bond acceptors (Lipinski definition) is 2. The van der Waals surface area contributed by atoms with Crippen molar-refractivity contribution in [2.24, 2.45) is 0 Å². The molecule has 0 saturated heterocycles. The molecule has 0 saturated carbocycles. The molecule has 0 amide bonds. The molecule has 2 nitrogen and oxygen atoms in total. The molecule has 0 aliphatic carbocycles. The second kappa shape index (κ2) is 8.78. The van der Waals surface area contributed by atoms with Gasteiger partial charge < -0.3 is 9.64 Å². The fourth-order valence-corrected chi connectivity index (χ4v) is 1.07. The monoisotopic (exact) mass is 185 g/mol. The summed E-state index contributed by atoms with van der Waals surface area (Å²) in [6, 6.07) is 0. The third kappa shape index (κ3) is 5.91. The Morgan fingerprint density at radius 3 is 2.00 bits per heavy atom. The second-order valence-electron chi connectivity index (χ2n) is 1.87. The Morgan fingerprint density at radius 2 is 1.73 bits per heavy atom. The van der Waals surface area contributed by atoms with Crippen LogP contribution in [-0.4, -0.2) is 59.3 Å². The molecule has 62 valence electrons. The Kier molecular flexibility index (Phi) is 11.4. The van der Waals surface area contributed by atoms with E-state index in [0.717, 1.165) is 13.1 Å². The molecule has 0 aliphatic rings. The Balaban J connectivity index is 0. The molecule has 0 aliphatic heterocycles. The van der Waals surface area contributed by atoms with E-state index in [1.807, 2.05) is 11.8 Å². The van der Waals surface area contributed by atoms with Crippen molar-refractivity contribution in [2.75, 3.05) is 19.7 Å². The maximum atomic E-state index is 5.14. The Bertz CT molecular complexity index is 107. The van der Waals surface area contributed by atoms with E-state index in [2.05, 4.69) is 13.8 Å². The first kappa shape index (κ1) is 14.2. The fraction of sp³-hybridized carbons (Fsp3) is 0.857. The zero-order valence-corrected chi connectivity index (χ0v) is 7.70. The summed E-state index contributed by atoms with van der Waals surface area (Å²) in [7, 11) is 0. The number of thiocarbonyl (C=S) groups is 1. The number of hydrogen-bond donors (Lipinski definition) is 0. The van der Waals surface area contributed by atoms with Gasteiger partial charge >= 0.3 is 29.6 Å². The molecule has 0 heterocycles. The van der Waals surface area contributed by atoms with Gasteiger partial charge in [-0.15, -0.1) is 0 Å². The van der Waals surface area contributed by atoms with Crippen molar-refractivity contribution < 1.29 is 4.74 Å². The molecule has 0 spiro atoms. The van der Waals surface area contributed by atoms with Crippen LogP contribution in [0.1, 0.15) is 20.8 Å².